The molecule has 0 aliphatic rings. The van der Waals surface area contributed by atoms with Crippen LogP contribution in [0.1, 0.15) is 12.0 Å². The Morgan fingerprint density at radius 1 is 1.22 bits per heavy atom. The Hall–Kier alpha value is -1.59. The maximum absolute atomic E-state index is 11.9. The van der Waals surface area contributed by atoms with E-state index in [1.54, 1.807) is 6.07 Å². The minimum absolute atomic E-state index is 0.177. The second kappa shape index (κ2) is 5.37. The molecule has 0 unspecified atom stereocenters. The van der Waals surface area contributed by atoms with Crippen LogP contribution in [0.15, 0.2) is 29.2 Å². The number of sulfonamides is 1. The van der Waals surface area contributed by atoms with Crippen LogP contribution in [0.2, 0.25) is 0 Å². The summed E-state index contributed by atoms with van der Waals surface area (Å²) in [6.45, 7) is -0.716. The first-order chi connectivity index (χ1) is 8.24. The van der Waals surface area contributed by atoms with E-state index in [0.29, 0.717) is 0 Å². The molecule has 98 valence electrons. The fraction of sp³-hybridized carbons (Fsp3) is 0.300. The predicted molar refractivity (Wildman–Crippen MR) is 57.0 cm³/mol. The van der Waals surface area contributed by atoms with Crippen LogP contribution in [0, 0.1) is 11.3 Å². The zero-order valence-corrected chi connectivity index (χ0v) is 9.85. The standard InChI is InChI=1S/C10H9F3N2O2S/c11-10(12,13)5-6-15-18(16,17)9-3-1-8(7-14)2-4-9/h1-4,15H,5-6H2. The van der Waals surface area contributed by atoms with Crippen LogP contribution >= 0.6 is 0 Å². The monoisotopic (exact) mass is 278 g/mol. The molecule has 18 heavy (non-hydrogen) atoms. The van der Waals surface area contributed by atoms with Crippen LogP contribution < -0.4 is 4.72 Å². The van der Waals surface area contributed by atoms with Gasteiger partial charge in [0.2, 0.25) is 10.0 Å². The van der Waals surface area contributed by atoms with Gasteiger partial charge in [0, 0.05) is 6.54 Å². The smallest absolute Gasteiger partial charge is 0.211 e. The largest absolute Gasteiger partial charge is 0.390 e. The molecule has 0 fully saturated rings. The third-order valence-electron chi connectivity index (χ3n) is 1.99. The van der Waals surface area contributed by atoms with Crippen molar-refractivity contribution >= 4 is 10.0 Å². The summed E-state index contributed by atoms with van der Waals surface area (Å²) in [5.41, 5.74) is 0.268. The number of nitrogens with one attached hydrogen (secondary N) is 1. The van der Waals surface area contributed by atoms with E-state index in [4.69, 9.17) is 5.26 Å². The number of nitrogens with zero attached hydrogens (tertiary/aromatic N) is 1. The van der Waals surface area contributed by atoms with Crippen molar-refractivity contribution in [3.63, 3.8) is 0 Å². The van der Waals surface area contributed by atoms with Gasteiger partial charge in [-0.15, -0.1) is 0 Å². The van der Waals surface area contributed by atoms with Crippen molar-refractivity contribution in [3.05, 3.63) is 29.8 Å². The summed E-state index contributed by atoms with van der Waals surface area (Å²) in [5, 5.41) is 8.52. The Balaban J connectivity index is 2.72. The highest BCUT2D eigenvalue weighted by Crippen LogP contribution is 2.19. The summed E-state index contributed by atoms with van der Waals surface area (Å²) in [6, 6.07) is 6.68. The zero-order valence-electron chi connectivity index (χ0n) is 9.03. The average Bonchev–Trinajstić information content (AvgIpc) is 2.27. The normalized spacial score (nSPS) is 12.1. The van der Waals surface area contributed by atoms with E-state index in [0.717, 1.165) is 12.1 Å². The Kier molecular flexibility index (Phi) is 4.32. The van der Waals surface area contributed by atoms with Crippen LogP contribution in [0.25, 0.3) is 0 Å². The molecule has 1 aromatic carbocycles. The third kappa shape index (κ3) is 4.35. The van der Waals surface area contributed by atoms with Crippen molar-refractivity contribution < 1.29 is 21.6 Å². The second-order valence-corrected chi connectivity index (χ2v) is 5.17. The molecule has 0 spiro atoms. The highest BCUT2D eigenvalue weighted by atomic mass is 32.2. The van der Waals surface area contributed by atoms with Crippen molar-refractivity contribution in [3.8, 4) is 6.07 Å². The van der Waals surface area contributed by atoms with Crippen LogP contribution in [0.5, 0.6) is 0 Å². The third-order valence-corrected chi connectivity index (χ3v) is 3.47. The first-order valence-electron chi connectivity index (χ1n) is 4.81. The summed E-state index contributed by atoms with van der Waals surface area (Å²) in [6.07, 6.45) is -5.64. The topological polar surface area (TPSA) is 70.0 Å². The zero-order chi connectivity index (χ0) is 13.8. The van der Waals surface area contributed by atoms with Crippen LogP contribution in [-0.4, -0.2) is 21.1 Å². The fourth-order valence-corrected chi connectivity index (χ4v) is 2.15. The lowest BCUT2D eigenvalue weighted by Gasteiger charge is -2.08. The van der Waals surface area contributed by atoms with E-state index < -0.39 is 29.2 Å². The van der Waals surface area contributed by atoms with Crippen LogP contribution in [-0.2, 0) is 10.0 Å². The molecule has 1 N–H and O–H groups in total. The molecule has 0 saturated carbocycles. The number of halogens is 3. The molecule has 0 radical (unpaired) electrons. The Bertz CT molecular complexity index is 544. The highest BCUT2D eigenvalue weighted by Gasteiger charge is 2.27. The van der Waals surface area contributed by atoms with Crippen LogP contribution in [0.3, 0.4) is 0 Å². The number of rotatable bonds is 4. The van der Waals surface area contributed by atoms with E-state index in [-0.39, 0.29) is 10.5 Å². The number of nitriles is 1. The molecule has 0 aliphatic carbocycles. The van der Waals surface area contributed by atoms with Gasteiger partial charge in [0.05, 0.1) is 22.9 Å². The molecule has 1 rings (SSSR count). The van der Waals surface area contributed by atoms with Crippen LogP contribution in [0.4, 0.5) is 13.2 Å². The molecule has 0 aliphatic heterocycles. The first-order valence-corrected chi connectivity index (χ1v) is 6.29. The molecule has 0 atom stereocenters. The highest BCUT2D eigenvalue weighted by molar-refractivity contribution is 7.89. The summed E-state index contributed by atoms with van der Waals surface area (Å²) in [4.78, 5) is -0.177. The van der Waals surface area contributed by atoms with E-state index in [9.17, 15) is 21.6 Å². The van der Waals surface area contributed by atoms with Gasteiger partial charge in [0.15, 0.2) is 0 Å². The van der Waals surface area contributed by atoms with Crippen molar-refractivity contribution in [1.82, 2.24) is 4.72 Å². The number of alkyl halides is 3. The van der Waals surface area contributed by atoms with Gasteiger partial charge in [-0.2, -0.15) is 18.4 Å². The number of hydrogen-bond donors (Lipinski definition) is 1. The number of hydrogen-bond acceptors (Lipinski definition) is 3. The van der Waals surface area contributed by atoms with Gasteiger partial charge in [0.1, 0.15) is 0 Å². The molecular formula is C10H9F3N2O2S. The Morgan fingerprint density at radius 2 is 1.78 bits per heavy atom. The number of benzene rings is 1. The second-order valence-electron chi connectivity index (χ2n) is 3.40. The summed E-state index contributed by atoms with van der Waals surface area (Å²) < 4.78 is 60.5. The minimum atomic E-state index is -4.41. The molecule has 4 nitrogen and oxygen atoms in total. The molecular weight excluding hydrogens is 269 g/mol. The van der Waals surface area contributed by atoms with Gasteiger partial charge in [-0.3, -0.25) is 0 Å². The van der Waals surface area contributed by atoms with Crippen molar-refractivity contribution in [2.24, 2.45) is 0 Å². The Morgan fingerprint density at radius 3 is 2.22 bits per heavy atom. The molecule has 0 aromatic heterocycles. The summed E-state index contributed by atoms with van der Waals surface area (Å²) in [7, 11) is -3.97. The SMILES string of the molecule is N#Cc1ccc(S(=O)(=O)NCCC(F)(F)F)cc1. The van der Waals surface area contributed by atoms with Gasteiger partial charge in [-0.1, -0.05) is 0 Å². The maximum atomic E-state index is 11.9. The minimum Gasteiger partial charge on any atom is -0.211 e. The molecule has 0 amide bonds. The molecule has 0 bridgehead atoms. The van der Waals surface area contributed by atoms with E-state index in [1.165, 1.54) is 12.1 Å². The quantitative estimate of drug-likeness (QED) is 0.912. The predicted octanol–water partition coefficient (Wildman–Crippen LogP) is 1.79. The molecule has 1 aromatic rings. The average molecular weight is 278 g/mol. The molecule has 0 saturated heterocycles. The molecule has 0 heterocycles. The lowest BCUT2D eigenvalue weighted by atomic mass is 10.2. The van der Waals surface area contributed by atoms with E-state index in [2.05, 4.69) is 0 Å². The van der Waals surface area contributed by atoms with Gasteiger partial charge in [0.25, 0.3) is 0 Å². The fourth-order valence-electron chi connectivity index (χ4n) is 1.12. The van der Waals surface area contributed by atoms with Gasteiger partial charge in [-0.25, -0.2) is 13.1 Å². The van der Waals surface area contributed by atoms with Crippen molar-refractivity contribution in [1.29, 1.82) is 5.26 Å². The Labute approximate surface area is 102 Å². The first kappa shape index (κ1) is 14.5. The lowest BCUT2D eigenvalue weighted by molar-refractivity contribution is -0.132. The summed E-state index contributed by atoms with van der Waals surface area (Å²) in [5.74, 6) is 0. The maximum Gasteiger partial charge on any atom is 0.390 e. The van der Waals surface area contributed by atoms with Gasteiger partial charge >= 0.3 is 6.18 Å². The lowest BCUT2D eigenvalue weighted by Crippen LogP contribution is -2.28. The van der Waals surface area contributed by atoms with Gasteiger partial charge in [-0.05, 0) is 24.3 Å². The van der Waals surface area contributed by atoms with Crippen molar-refractivity contribution in [2.75, 3.05) is 6.54 Å². The summed E-state index contributed by atoms with van der Waals surface area (Å²) >= 11 is 0. The van der Waals surface area contributed by atoms with E-state index >= 15 is 0 Å². The molecule has 8 heteroatoms. The van der Waals surface area contributed by atoms with E-state index in [1.807, 2.05) is 4.72 Å². The van der Waals surface area contributed by atoms with Gasteiger partial charge < -0.3 is 0 Å². The van der Waals surface area contributed by atoms with Crippen molar-refractivity contribution in [2.45, 2.75) is 17.5 Å².